The van der Waals surface area contributed by atoms with Crippen molar-refractivity contribution in [1.82, 2.24) is 0 Å². The molecule has 0 aliphatic heterocycles. The van der Waals surface area contributed by atoms with Gasteiger partial charge in [0.25, 0.3) is 0 Å². The first kappa shape index (κ1) is 15.7. The highest BCUT2D eigenvalue weighted by Gasteiger charge is 2.39. The van der Waals surface area contributed by atoms with Crippen LogP contribution in [0.2, 0.25) is 0 Å². The maximum atomic E-state index is 10.2. The molecule has 3 nitrogen and oxygen atoms in total. The molecule has 0 spiro atoms. The van der Waals surface area contributed by atoms with Crippen molar-refractivity contribution in [2.45, 2.75) is 38.9 Å². The Hall–Kier alpha value is -0.655. The summed E-state index contributed by atoms with van der Waals surface area (Å²) in [5.74, 6) is 0. The standard InChI is InChI=1S/C14H19BO3S2/c1-13(2,16)14(3,4)18-15(17)12-8-7-11(20-12)10-6-5-9-19-10/h5-9,16-17H,1-4H3. The first-order chi connectivity index (χ1) is 9.21. The van der Waals surface area contributed by atoms with Crippen molar-refractivity contribution in [1.29, 1.82) is 0 Å². The van der Waals surface area contributed by atoms with Gasteiger partial charge in [-0.25, -0.2) is 0 Å². The van der Waals surface area contributed by atoms with E-state index in [-0.39, 0.29) is 0 Å². The Labute approximate surface area is 128 Å². The molecule has 0 unspecified atom stereocenters. The Morgan fingerprint density at radius 3 is 2.35 bits per heavy atom. The van der Waals surface area contributed by atoms with E-state index >= 15 is 0 Å². The van der Waals surface area contributed by atoms with Gasteiger partial charge >= 0.3 is 7.12 Å². The lowest BCUT2D eigenvalue weighted by Gasteiger charge is -2.38. The molecule has 0 aliphatic rings. The van der Waals surface area contributed by atoms with E-state index in [1.807, 2.05) is 29.6 Å². The zero-order valence-electron chi connectivity index (χ0n) is 12.1. The van der Waals surface area contributed by atoms with E-state index in [9.17, 15) is 10.1 Å². The summed E-state index contributed by atoms with van der Waals surface area (Å²) in [6.07, 6.45) is 0. The van der Waals surface area contributed by atoms with Gasteiger partial charge < -0.3 is 14.8 Å². The molecule has 0 saturated heterocycles. The van der Waals surface area contributed by atoms with E-state index in [0.717, 1.165) is 9.65 Å². The van der Waals surface area contributed by atoms with Gasteiger partial charge in [0.2, 0.25) is 0 Å². The molecule has 0 amide bonds. The largest absolute Gasteiger partial charge is 0.502 e. The molecule has 20 heavy (non-hydrogen) atoms. The smallest absolute Gasteiger partial charge is 0.423 e. The molecule has 108 valence electrons. The van der Waals surface area contributed by atoms with Crippen LogP contribution >= 0.6 is 22.7 Å². The Kier molecular flexibility index (Phi) is 4.42. The van der Waals surface area contributed by atoms with Gasteiger partial charge in [-0.3, -0.25) is 0 Å². The molecule has 6 heteroatoms. The van der Waals surface area contributed by atoms with Crippen LogP contribution in [0.1, 0.15) is 27.7 Å². The number of hydrogen-bond acceptors (Lipinski definition) is 5. The Morgan fingerprint density at radius 2 is 1.80 bits per heavy atom. The molecule has 0 atom stereocenters. The summed E-state index contributed by atoms with van der Waals surface area (Å²) in [6.45, 7) is 6.88. The third-order valence-electron chi connectivity index (χ3n) is 3.51. The van der Waals surface area contributed by atoms with Crippen LogP contribution in [0.15, 0.2) is 29.6 Å². The normalized spacial score (nSPS) is 12.7. The molecular weight excluding hydrogens is 291 g/mol. The second-order valence-electron chi connectivity index (χ2n) is 5.72. The van der Waals surface area contributed by atoms with Crippen LogP contribution in [0.4, 0.5) is 0 Å². The second kappa shape index (κ2) is 5.62. The summed E-state index contributed by atoms with van der Waals surface area (Å²) in [4.78, 5) is 2.29. The van der Waals surface area contributed by atoms with E-state index in [1.54, 1.807) is 39.0 Å². The fourth-order valence-corrected chi connectivity index (χ4v) is 3.28. The Morgan fingerprint density at radius 1 is 1.10 bits per heavy atom. The summed E-state index contributed by atoms with van der Waals surface area (Å²) in [5.41, 5.74) is -1.89. The molecule has 2 aromatic rings. The average molecular weight is 310 g/mol. The first-order valence-electron chi connectivity index (χ1n) is 6.42. The molecular formula is C14H19BO3S2. The summed E-state index contributed by atoms with van der Waals surface area (Å²) in [6, 6.07) is 7.90. The van der Waals surface area contributed by atoms with E-state index in [4.69, 9.17) is 4.65 Å². The third kappa shape index (κ3) is 3.32. The molecule has 2 rings (SSSR count). The van der Waals surface area contributed by atoms with Crippen LogP contribution in [-0.4, -0.2) is 28.5 Å². The van der Waals surface area contributed by atoms with Crippen LogP contribution in [0.25, 0.3) is 9.75 Å². The van der Waals surface area contributed by atoms with Gasteiger partial charge in [0.05, 0.1) is 11.2 Å². The predicted octanol–water partition coefficient (Wildman–Crippen LogP) is 2.73. The Bertz CT molecular complexity index is 555. The lowest BCUT2D eigenvalue weighted by atomic mass is 9.82. The zero-order valence-corrected chi connectivity index (χ0v) is 13.7. The fraction of sp³-hybridized carbons (Fsp3) is 0.429. The maximum Gasteiger partial charge on any atom is 0.502 e. The second-order valence-corrected chi connectivity index (χ2v) is 7.78. The number of hydrogen-bond donors (Lipinski definition) is 2. The molecule has 0 aliphatic carbocycles. The predicted molar refractivity (Wildman–Crippen MR) is 86.7 cm³/mol. The summed E-state index contributed by atoms with van der Waals surface area (Å²) < 4.78 is 6.38. The highest BCUT2D eigenvalue weighted by Crippen LogP contribution is 2.29. The minimum atomic E-state index is -1.04. The SMILES string of the molecule is CC(C)(O)C(C)(C)OB(O)c1ccc(-c2cccs2)s1. The quantitative estimate of drug-likeness (QED) is 0.835. The van der Waals surface area contributed by atoms with E-state index in [1.165, 1.54) is 16.2 Å². The molecule has 2 aromatic heterocycles. The van der Waals surface area contributed by atoms with Crippen molar-refractivity contribution < 1.29 is 14.8 Å². The lowest BCUT2D eigenvalue weighted by Crippen LogP contribution is -2.52. The van der Waals surface area contributed by atoms with E-state index in [0.29, 0.717) is 0 Å². The van der Waals surface area contributed by atoms with Crippen LogP contribution in [0.3, 0.4) is 0 Å². The fourth-order valence-electron chi connectivity index (χ4n) is 1.52. The summed E-state index contributed by atoms with van der Waals surface area (Å²) >= 11 is 3.17. The molecule has 2 heterocycles. The first-order valence-corrected chi connectivity index (χ1v) is 8.12. The molecule has 2 N–H and O–H groups in total. The van der Waals surface area contributed by atoms with Gasteiger partial charge in [0.1, 0.15) is 0 Å². The van der Waals surface area contributed by atoms with Crippen molar-refractivity contribution >= 4 is 34.6 Å². The lowest BCUT2D eigenvalue weighted by molar-refractivity contribution is -0.0981. The van der Waals surface area contributed by atoms with E-state index in [2.05, 4.69) is 0 Å². The summed E-state index contributed by atoms with van der Waals surface area (Å²) in [7, 11) is -1.03. The molecule has 0 fully saturated rings. The average Bonchev–Trinajstić information content (AvgIpc) is 2.98. The van der Waals surface area contributed by atoms with E-state index < -0.39 is 18.3 Å². The van der Waals surface area contributed by atoms with Gasteiger partial charge in [-0.2, -0.15) is 0 Å². The summed E-state index contributed by atoms with van der Waals surface area (Å²) in [5, 5.41) is 22.3. The highest BCUT2D eigenvalue weighted by atomic mass is 32.1. The van der Waals surface area contributed by atoms with Crippen LogP contribution in [0, 0.1) is 0 Å². The van der Waals surface area contributed by atoms with Gasteiger partial charge in [0, 0.05) is 14.5 Å². The molecule has 0 saturated carbocycles. The van der Waals surface area contributed by atoms with Crippen molar-refractivity contribution in [3.8, 4) is 9.75 Å². The number of aliphatic hydroxyl groups is 1. The topological polar surface area (TPSA) is 49.7 Å². The van der Waals surface area contributed by atoms with Gasteiger partial charge in [-0.1, -0.05) is 12.1 Å². The zero-order chi connectivity index (χ0) is 15.0. The van der Waals surface area contributed by atoms with Crippen molar-refractivity contribution in [2.75, 3.05) is 0 Å². The third-order valence-corrected chi connectivity index (χ3v) is 5.70. The number of rotatable bonds is 5. The Balaban J connectivity index is 2.13. The highest BCUT2D eigenvalue weighted by molar-refractivity contribution is 7.27. The molecule has 0 radical (unpaired) electrons. The maximum absolute atomic E-state index is 10.2. The number of thiophene rings is 2. The molecule has 0 aromatic carbocycles. The van der Waals surface area contributed by atoms with Gasteiger partial charge in [0.15, 0.2) is 0 Å². The van der Waals surface area contributed by atoms with Crippen LogP contribution in [0.5, 0.6) is 0 Å². The van der Waals surface area contributed by atoms with Crippen molar-refractivity contribution in [2.24, 2.45) is 0 Å². The van der Waals surface area contributed by atoms with Gasteiger partial charge in [-0.15, -0.1) is 22.7 Å². The van der Waals surface area contributed by atoms with Crippen molar-refractivity contribution in [3.05, 3.63) is 29.6 Å². The molecule has 0 bridgehead atoms. The van der Waals surface area contributed by atoms with Gasteiger partial charge in [-0.05, 0) is 45.2 Å². The monoisotopic (exact) mass is 310 g/mol. The van der Waals surface area contributed by atoms with Crippen LogP contribution < -0.4 is 4.78 Å². The van der Waals surface area contributed by atoms with Crippen LogP contribution in [-0.2, 0) is 4.65 Å². The minimum Gasteiger partial charge on any atom is -0.423 e. The minimum absolute atomic E-state index is 0.741. The van der Waals surface area contributed by atoms with Crippen molar-refractivity contribution in [3.63, 3.8) is 0 Å².